The Morgan fingerprint density at radius 2 is 2.09 bits per heavy atom. The lowest BCUT2D eigenvalue weighted by atomic mass is 9.91. The van der Waals surface area contributed by atoms with E-state index in [0.717, 1.165) is 12.8 Å². The molecule has 0 unspecified atom stereocenters. The predicted octanol–water partition coefficient (Wildman–Crippen LogP) is 1.98. The number of amides is 1. The molecule has 1 atom stereocenters. The number of aliphatic hydroxyl groups is 1. The Kier molecular flexibility index (Phi) is 4.62. The van der Waals surface area contributed by atoms with Crippen LogP contribution in [0.3, 0.4) is 0 Å². The topological polar surface area (TPSA) is 66.3 Å². The van der Waals surface area contributed by atoms with Gasteiger partial charge in [-0.1, -0.05) is 12.1 Å². The molecule has 1 aliphatic rings. The van der Waals surface area contributed by atoms with Crippen molar-refractivity contribution in [3.8, 4) is 11.3 Å². The maximum Gasteiger partial charge on any atom is 0.248 e. The van der Waals surface area contributed by atoms with E-state index >= 15 is 0 Å². The number of nitrogens with zero attached hydrogens (tertiary/aromatic N) is 3. The molecule has 3 rings (SSSR count). The monoisotopic (exact) mass is 315 g/mol. The molecule has 1 aromatic heterocycles. The standard InChI is InChI=1S/C17H18FN3O2/c18-14-6-2-1-5-13(14)17-16(19-7-8-20-17)12-4-3-9-21(10-12)15(23)11-22/h1-2,5-8,12,22H,3-4,9-11H2/t12-/m1/s1. The van der Waals surface area contributed by atoms with Gasteiger partial charge < -0.3 is 10.0 Å². The second kappa shape index (κ2) is 6.83. The maximum absolute atomic E-state index is 14.1. The Hall–Kier alpha value is -2.34. The van der Waals surface area contributed by atoms with E-state index in [2.05, 4.69) is 9.97 Å². The Morgan fingerprint density at radius 3 is 2.87 bits per heavy atom. The Morgan fingerprint density at radius 1 is 1.30 bits per heavy atom. The number of aromatic nitrogens is 2. The zero-order chi connectivity index (χ0) is 16.2. The van der Waals surface area contributed by atoms with Gasteiger partial charge in [0, 0.05) is 37.0 Å². The summed E-state index contributed by atoms with van der Waals surface area (Å²) in [5.41, 5.74) is 1.64. The van der Waals surface area contributed by atoms with Crippen LogP contribution in [0.1, 0.15) is 24.5 Å². The predicted molar refractivity (Wildman–Crippen MR) is 83.1 cm³/mol. The van der Waals surface area contributed by atoms with Crippen molar-refractivity contribution in [2.24, 2.45) is 0 Å². The van der Waals surface area contributed by atoms with Crippen LogP contribution in [-0.4, -0.2) is 45.6 Å². The van der Waals surface area contributed by atoms with Crippen LogP contribution in [0.4, 0.5) is 4.39 Å². The summed E-state index contributed by atoms with van der Waals surface area (Å²) in [5, 5.41) is 9.04. The van der Waals surface area contributed by atoms with Crippen LogP contribution in [-0.2, 0) is 4.79 Å². The number of benzene rings is 1. The van der Waals surface area contributed by atoms with E-state index in [1.54, 1.807) is 35.5 Å². The van der Waals surface area contributed by atoms with E-state index in [-0.39, 0.29) is 17.6 Å². The van der Waals surface area contributed by atoms with Crippen LogP contribution in [0, 0.1) is 5.82 Å². The van der Waals surface area contributed by atoms with Crippen LogP contribution >= 0.6 is 0 Å². The fourth-order valence-corrected chi connectivity index (χ4v) is 3.04. The van der Waals surface area contributed by atoms with Gasteiger partial charge in [-0.05, 0) is 25.0 Å². The molecule has 0 spiro atoms. The third kappa shape index (κ3) is 3.22. The van der Waals surface area contributed by atoms with Gasteiger partial charge >= 0.3 is 0 Å². The van der Waals surface area contributed by atoms with Crippen molar-refractivity contribution in [1.82, 2.24) is 14.9 Å². The van der Waals surface area contributed by atoms with Crippen LogP contribution in [0.15, 0.2) is 36.7 Å². The minimum absolute atomic E-state index is 0.0115. The molecule has 1 fully saturated rings. The number of halogens is 1. The quantitative estimate of drug-likeness (QED) is 0.940. The van der Waals surface area contributed by atoms with Gasteiger partial charge in [0.05, 0.1) is 11.4 Å². The molecule has 1 saturated heterocycles. The number of carbonyl (C=O) groups excluding carboxylic acids is 1. The molecular weight excluding hydrogens is 297 g/mol. The molecule has 6 heteroatoms. The van der Waals surface area contributed by atoms with E-state index in [1.165, 1.54) is 6.07 Å². The first kappa shape index (κ1) is 15.6. The van der Waals surface area contributed by atoms with E-state index < -0.39 is 6.61 Å². The van der Waals surface area contributed by atoms with Gasteiger partial charge in [0.1, 0.15) is 12.4 Å². The normalized spacial score (nSPS) is 18.0. The Balaban J connectivity index is 1.95. The fraction of sp³-hybridized carbons (Fsp3) is 0.353. The zero-order valence-corrected chi connectivity index (χ0v) is 12.7. The van der Waals surface area contributed by atoms with Crippen LogP contribution < -0.4 is 0 Å². The number of likely N-dealkylation sites (tertiary alicyclic amines) is 1. The van der Waals surface area contributed by atoms with E-state index in [0.29, 0.717) is 30.0 Å². The molecule has 0 bridgehead atoms. The molecule has 0 radical (unpaired) electrons. The largest absolute Gasteiger partial charge is 0.387 e. The van der Waals surface area contributed by atoms with Crippen molar-refractivity contribution >= 4 is 5.91 Å². The van der Waals surface area contributed by atoms with Crippen LogP contribution in [0.25, 0.3) is 11.3 Å². The highest BCUT2D eigenvalue weighted by molar-refractivity contribution is 5.77. The van der Waals surface area contributed by atoms with Crippen molar-refractivity contribution in [1.29, 1.82) is 0 Å². The molecule has 0 saturated carbocycles. The molecule has 23 heavy (non-hydrogen) atoms. The minimum atomic E-state index is -0.493. The average Bonchev–Trinajstić information content (AvgIpc) is 2.61. The van der Waals surface area contributed by atoms with E-state index in [4.69, 9.17) is 5.11 Å². The van der Waals surface area contributed by atoms with Crippen molar-refractivity contribution in [3.63, 3.8) is 0 Å². The smallest absolute Gasteiger partial charge is 0.248 e. The molecule has 120 valence electrons. The summed E-state index contributed by atoms with van der Waals surface area (Å²) in [7, 11) is 0. The molecule has 1 N–H and O–H groups in total. The first-order valence-corrected chi connectivity index (χ1v) is 7.65. The summed E-state index contributed by atoms with van der Waals surface area (Å²) < 4.78 is 14.1. The minimum Gasteiger partial charge on any atom is -0.387 e. The van der Waals surface area contributed by atoms with Gasteiger partial charge in [-0.2, -0.15) is 0 Å². The number of hydrogen-bond acceptors (Lipinski definition) is 4. The molecule has 1 aromatic carbocycles. The lowest BCUT2D eigenvalue weighted by Gasteiger charge is -2.32. The van der Waals surface area contributed by atoms with Gasteiger partial charge in [0.25, 0.3) is 0 Å². The lowest BCUT2D eigenvalue weighted by Crippen LogP contribution is -2.40. The second-order valence-corrected chi connectivity index (χ2v) is 5.61. The maximum atomic E-state index is 14.1. The highest BCUT2D eigenvalue weighted by atomic mass is 19.1. The van der Waals surface area contributed by atoms with Crippen molar-refractivity contribution in [2.45, 2.75) is 18.8 Å². The number of carbonyl (C=O) groups is 1. The van der Waals surface area contributed by atoms with Gasteiger partial charge in [-0.25, -0.2) is 4.39 Å². The van der Waals surface area contributed by atoms with Crippen LogP contribution in [0.2, 0.25) is 0 Å². The first-order valence-electron chi connectivity index (χ1n) is 7.65. The molecule has 2 aromatic rings. The summed E-state index contributed by atoms with van der Waals surface area (Å²) >= 11 is 0. The Bertz CT molecular complexity index is 708. The van der Waals surface area contributed by atoms with E-state index in [9.17, 15) is 9.18 Å². The lowest BCUT2D eigenvalue weighted by molar-refractivity contribution is -0.135. The summed E-state index contributed by atoms with van der Waals surface area (Å²) in [6.45, 7) is 0.609. The fourth-order valence-electron chi connectivity index (χ4n) is 3.04. The second-order valence-electron chi connectivity index (χ2n) is 5.61. The first-order chi connectivity index (χ1) is 11.2. The third-order valence-electron chi connectivity index (χ3n) is 4.15. The van der Waals surface area contributed by atoms with Gasteiger partial charge in [-0.15, -0.1) is 0 Å². The van der Waals surface area contributed by atoms with Gasteiger partial charge in [0.2, 0.25) is 5.91 Å². The number of aliphatic hydroxyl groups excluding tert-OH is 1. The highest BCUT2D eigenvalue weighted by Crippen LogP contribution is 2.32. The third-order valence-corrected chi connectivity index (χ3v) is 4.15. The molecule has 2 heterocycles. The van der Waals surface area contributed by atoms with E-state index in [1.807, 2.05) is 0 Å². The molecule has 1 amide bonds. The van der Waals surface area contributed by atoms with Crippen molar-refractivity contribution in [3.05, 3.63) is 48.2 Å². The highest BCUT2D eigenvalue weighted by Gasteiger charge is 2.28. The average molecular weight is 315 g/mol. The molecule has 5 nitrogen and oxygen atoms in total. The molecular formula is C17H18FN3O2. The van der Waals surface area contributed by atoms with Gasteiger partial charge in [0.15, 0.2) is 0 Å². The Labute approximate surface area is 133 Å². The molecule has 1 aliphatic heterocycles. The SMILES string of the molecule is O=C(CO)N1CCC[C@@H](c2nccnc2-c2ccccc2F)C1. The van der Waals surface area contributed by atoms with Gasteiger partial charge in [-0.3, -0.25) is 14.8 Å². The summed E-state index contributed by atoms with van der Waals surface area (Å²) in [4.78, 5) is 22.1. The number of piperidine rings is 1. The zero-order valence-electron chi connectivity index (χ0n) is 12.7. The number of rotatable bonds is 3. The van der Waals surface area contributed by atoms with Crippen LogP contribution in [0.5, 0.6) is 0 Å². The van der Waals surface area contributed by atoms with Crippen molar-refractivity contribution < 1.29 is 14.3 Å². The molecule has 0 aliphatic carbocycles. The summed E-state index contributed by atoms with van der Waals surface area (Å²) in [6.07, 6.45) is 4.82. The van der Waals surface area contributed by atoms with Crippen molar-refractivity contribution in [2.75, 3.05) is 19.7 Å². The summed E-state index contributed by atoms with van der Waals surface area (Å²) in [6, 6.07) is 6.48. The number of hydrogen-bond donors (Lipinski definition) is 1. The summed E-state index contributed by atoms with van der Waals surface area (Å²) in [5.74, 6) is -0.637.